The summed E-state index contributed by atoms with van der Waals surface area (Å²) in [5.74, 6) is 0.863. The third-order valence-corrected chi connectivity index (χ3v) is 4.43. The summed E-state index contributed by atoms with van der Waals surface area (Å²) >= 11 is 0. The molecule has 4 heteroatoms. The van der Waals surface area contributed by atoms with Gasteiger partial charge in [-0.15, -0.1) is 0 Å². The van der Waals surface area contributed by atoms with Gasteiger partial charge in [0.05, 0.1) is 11.3 Å². The fourth-order valence-electron chi connectivity index (χ4n) is 3.40. The Kier molecular flexibility index (Phi) is 6.18. The Morgan fingerprint density at radius 2 is 1.83 bits per heavy atom. The van der Waals surface area contributed by atoms with Gasteiger partial charge >= 0.3 is 0 Å². The first-order valence-electron chi connectivity index (χ1n) is 8.78. The van der Waals surface area contributed by atoms with E-state index < -0.39 is 0 Å². The number of piperidine rings is 1. The van der Waals surface area contributed by atoms with E-state index in [0.29, 0.717) is 28.7 Å². The van der Waals surface area contributed by atoms with Crippen molar-refractivity contribution >= 4 is 17.5 Å². The second-order valence-electron chi connectivity index (χ2n) is 6.95. The number of nitrogens with zero attached hydrogens (tertiary/aromatic N) is 1. The van der Waals surface area contributed by atoms with Crippen LogP contribution in [0.3, 0.4) is 0 Å². The van der Waals surface area contributed by atoms with Gasteiger partial charge in [0.15, 0.2) is 0 Å². The number of rotatable bonds is 4. The van der Waals surface area contributed by atoms with Crippen molar-refractivity contribution in [3.8, 4) is 0 Å². The number of para-hydroxylation sites is 1. The van der Waals surface area contributed by atoms with E-state index in [1.54, 1.807) is 19.1 Å². The van der Waals surface area contributed by atoms with Crippen molar-refractivity contribution in [1.82, 2.24) is 4.90 Å². The van der Waals surface area contributed by atoms with Crippen LogP contribution in [0.25, 0.3) is 0 Å². The maximum absolute atomic E-state index is 12.9. The maximum atomic E-state index is 12.9. The molecule has 2 rings (SSSR count). The molecule has 2 amide bonds. The van der Waals surface area contributed by atoms with Crippen LogP contribution in [-0.4, -0.2) is 29.8 Å². The minimum absolute atomic E-state index is 0.00132. The zero-order valence-corrected chi connectivity index (χ0v) is 15.1. The summed E-state index contributed by atoms with van der Waals surface area (Å²) in [5, 5.41) is 2.88. The number of likely N-dealkylation sites (tertiary alicyclic amines) is 1. The molecule has 24 heavy (non-hydrogen) atoms. The smallest absolute Gasteiger partial charge is 0.255 e. The SMILES string of the molecule is CCC=C(C)C(=O)Nc1ccccc1C(=O)N1CC(C)CC(C)C1. The number of benzene rings is 1. The van der Waals surface area contributed by atoms with E-state index in [4.69, 9.17) is 0 Å². The Balaban J connectivity index is 2.20. The predicted molar refractivity (Wildman–Crippen MR) is 98.0 cm³/mol. The van der Waals surface area contributed by atoms with Crippen molar-refractivity contribution in [3.63, 3.8) is 0 Å². The molecule has 0 bridgehead atoms. The van der Waals surface area contributed by atoms with E-state index in [0.717, 1.165) is 25.9 Å². The third kappa shape index (κ3) is 4.47. The van der Waals surface area contributed by atoms with E-state index in [1.165, 1.54) is 0 Å². The zero-order chi connectivity index (χ0) is 17.7. The van der Waals surface area contributed by atoms with Crippen LogP contribution in [0.1, 0.15) is 50.9 Å². The topological polar surface area (TPSA) is 49.4 Å². The lowest BCUT2D eigenvalue weighted by Gasteiger charge is -2.35. The van der Waals surface area contributed by atoms with Gasteiger partial charge in [0, 0.05) is 18.7 Å². The summed E-state index contributed by atoms with van der Waals surface area (Å²) in [6.45, 7) is 9.70. The zero-order valence-electron chi connectivity index (χ0n) is 15.1. The Morgan fingerprint density at radius 1 is 1.21 bits per heavy atom. The first kappa shape index (κ1) is 18.2. The molecule has 0 saturated carbocycles. The van der Waals surface area contributed by atoms with Crippen LogP contribution in [-0.2, 0) is 4.79 Å². The first-order chi connectivity index (χ1) is 11.4. The number of carbonyl (C=O) groups excluding carboxylic acids is 2. The molecular weight excluding hydrogens is 300 g/mol. The highest BCUT2D eigenvalue weighted by molar-refractivity contribution is 6.08. The molecular formula is C20H28N2O2. The Bertz CT molecular complexity index is 626. The summed E-state index contributed by atoms with van der Waals surface area (Å²) in [6.07, 6.45) is 3.85. The minimum Gasteiger partial charge on any atom is -0.338 e. The monoisotopic (exact) mass is 328 g/mol. The summed E-state index contributed by atoms with van der Waals surface area (Å²) in [5.41, 5.74) is 1.82. The second kappa shape index (κ2) is 8.13. The molecule has 1 N–H and O–H groups in total. The average molecular weight is 328 g/mol. The summed E-state index contributed by atoms with van der Waals surface area (Å²) in [6, 6.07) is 7.27. The Labute approximate surface area is 144 Å². The van der Waals surface area contributed by atoms with E-state index in [2.05, 4.69) is 19.2 Å². The van der Waals surface area contributed by atoms with Gasteiger partial charge in [0.25, 0.3) is 11.8 Å². The predicted octanol–water partition coefficient (Wildman–Crippen LogP) is 4.10. The molecule has 0 spiro atoms. The van der Waals surface area contributed by atoms with E-state index in [9.17, 15) is 9.59 Å². The van der Waals surface area contributed by atoms with Crippen molar-refractivity contribution in [2.45, 2.75) is 40.5 Å². The third-order valence-electron chi connectivity index (χ3n) is 4.43. The van der Waals surface area contributed by atoms with Gasteiger partial charge in [-0.05, 0) is 43.7 Å². The van der Waals surface area contributed by atoms with Crippen molar-refractivity contribution in [1.29, 1.82) is 0 Å². The number of allylic oxidation sites excluding steroid dienone is 1. The molecule has 1 aliphatic heterocycles. The van der Waals surface area contributed by atoms with Gasteiger partial charge < -0.3 is 10.2 Å². The Morgan fingerprint density at radius 3 is 2.46 bits per heavy atom. The number of anilines is 1. The number of hydrogen-bond acceptors (Lipinski definition) is 2. The molecule has 4 nitrogen and oxygen atoms in total. The molecule has 1 aliphatic rings. The number of carbonyl (C=O) groups is 2. The van der Waals surface area contributed by atoms with Crippen LogP contribution >= 0.6 is 0 Å². The highest BCUT2D eigenvalue weighted by Gasteiger charge is 2.27. The molecule has 0 aliphatic carbocycles. The molecule has 0 aromatic heterocycles. The fourth-order valence-corrected chi connectivity index (χ4v) is 3.40. The first-order valence-corrected chi connectivity index (χ1v) is 8.78. The van der Waals surface area contributed by atoms with Crippen LogP contribution < -0.4 is 5.32 Å². The summed E-state index contributed by atoms with van der Waals surface area (Å²) < 4.78 is 0. The minimum atomic E-state index is -0.155. The molecule has 1 heterocycles. The van der Waals surface area contributed by atoms with Gasteiger partial charge in [-0.1, -0.05) is 39.0 Å². The van der Waals surface area contributed by atoms with Gasteiger partial charge in [-0.2, -0.15) is 0 Å². The molecule has 1 aromatic rings. The van der Waals surface area contributed by atoms with E-state index >= 15 is 0 Å². The van der Waals surface area contributed by atoms with Crippen molar-refractivity contribution in [2.24, 2.45) is 11.8 Å². The largest absolute Gasteiger partial charge is 0.338 e. The van der Waals surface area contributed by atoms with Crippen LogP contribution in [0.2, 0.25) is 0 Å². The van der Waals surface area contributed by atoms with Gasteiger partial charge in [-0.3, -0.25) is 9.59 Å². The molecule has 1 aromatic carbocycles. The number of hydrogen-bond donors (Lipinski definition) is 1. The molecule has 2 unspecified atom stereocenters. The molecule has 2 atom stereocenters. The highest BCUT2D eigenvalue weighted by atomic mass is 16.2. The lowest BCUT2D eigenvalue weighted by atomic mass is 9.91. The Hall–Kier alpha value is -2.10. The standard InChI is InChI=1S/C20H28N2O2/c1-5-8-16(4)19(23)21-18-10-7-6-9-17(18)20(24)22-12-14(2)11-15(3)13-22/h6-10,14-15H,5,11-13H2,1-4H3,(H,21,23). The van der Waals surface area contributed by atoms with Gasteiger partial charge in [0.1, 0.15) is 0 Å². The molecule has 0 radical (unpaired) electrons. The van der Waals surface area contributed by atoms with Crippen LogP contribution in [0.4, 0.5) is 5.69 Å². The number of nitrogens with one attached hydrogen (secondary N) is 1. The highest BCUT2D eigenvalue weighted by Crippen LogP contribution is 2.25. The lowest BCUT2D eigenvalue weighted by Crippen LogP contribution is -2.42. The summed E-state index contributed by atoms with van der Waals surface area (Å²) in [4.78, 5) is 27.1. The fraction of sp³-hybridized carbons (Fsp3) is 0.500. The van der Waals surface area contributed by atoms with E-state index in [1.807, 2.05) is 30.0 Å². The average Bonchev–Trinajstić information content (AvgIpc) is 2.54. The van der Waals surface area contributed by atoms with Crippen molar-refractivity contribution in [2.75, 3.05) is 18.4 Å². The van der Waals surface area contributed by atoms with Crippen LogP contribution in [0.15, 0.2) is 35.9 Å². The maximum Gasteiger partial charge on any atom is 0.255 e. The van der Waals surface area contributed by atoms with Crippen LogP contribution in [0, 0.1) is 11.8 Å². The lowest BCUT2D eigenvalue weighted by molar-refractivity contribution is -0.112. The van der Waals surface area contributed by atoms with Crippen molar-refractivity contribution < 1.29 is 9.59 Å². The van der Waals surface area contributed by atoms with Gasteiger partial charge in [-0.25, -0.2) is 0 Å². The molecule has 130 valence electrons. The quantitative estimate of drug-likeness (QED) is 0.846. The summed E-state index contributed by atoms with van der Waals surface area (Å²) in [7, 11) is 0. The molecule has 1 saturated heterocycles. The number of amides is 2. The van der Waals surface area contributed by atoms with E-state index in [-0.39, 0.29) is 11.8 Å². The van der Waals surface area contributed by atoms with Crippen molar-refractivity contribution in [3.05, 3.63) is 41.5 Å². The second-order valence-corrected chi connectivity index (χ2v) is 6.95. The van der Waals surface area contributed by atoms with Gasteiger partial charge in [0.2, 0.25) is 0 Å². The van der Waals surface area contributed by atoms with Crippen LogP contribution in [0.5, 0.6) is 0 Å². The normalized spacial score (nSPS) is 21.5. The molecule has 1 fully saturated rings.